The maximum absolute atomic E-state index is 14.0. The van der Waals surface area contributed by atoms with Crippen LogP contribution in [0.15, 0.2) is 59.9 Å². The summed E-state index contributed by atoms with van der Waals surface area (Å²) in [6.45, 7) is 1.98. The van der Waals surface area contributed by atoms with Crippen LogP contribution >= 0.6 is 23.2 Å². The number of hydrogen-bond donors (Lipinski definition) is 2. The third kappa shape index (κ3) is 3.71. The number of pyridine rings is 1. The van der Waals surface area contributed by atoms with E-state index in [9.17, 15) is 9.18 Å². The first-order valence-corrected chi connectivity index (χ1v) is 10.9. The van der Waals surface area contributed by atoms with Crippen LogP contribution in [0.25, 0.3) is 27.6 Å². The maximum Gasteiger partial charge on any atom is 0.263 e. The zero-order chi connectivity index (χ0) is 23.1. The molecule has 0 saturated carbocycles. The summed E-state index contributed by atoms with van der Waals surface area (Å²) in [5.41, 5.74) is 1.79. The van der Waals surface area contributed by atoms with Crippen molar-refractivity contribution in [2.24, 2.45) is 0 Å². The van der Waals surface area contributed by atoms with Gasteiger partial charge in [0, 0.05) is 5.69 Å². The van der Waals surface area contributed by atoms with Gasteiger partial charge in [-0.05, 0) is 42.1 Å². The Balaban J connectivity index is 1.76. The van der Waals surface area contributed by atoms with Gasteiger partial charge in [0.25, 0.3) is 5.56 Å². The molecule has 2 aromatic carbocycles. The molecule has 0 aliphatic heterocycles. The monoisotopic (exact) mass is 482 g/mol. The van der Waals surface area contributed by atoms with Crippen molar-refractivity contribution in [2.75, 3.05) is 5.32 Å². The smallest absolute Gasteiger partial charge is 0.263 e. The molecular weight excluding hydrogens is 466 g/mol. The molecule has 7 nitrogen and oxygen atoms in total. The predicted molar refractivity (Wildman–Crippen MR) is 128 cm³/mol. The van der Waals surface area contributed by atoms with Gasteiger partial charge in [-0.3, -0.25) is 9.36 Å². The van der Waals surface area contributed by atoms with Crippen molar-refractivity contribution in [2.45, 2.75) is 19.4 Å². The summed E-state index contributed by atoms with van der Waals surface area (Å²) in [6.07, 6.45) is 3.57. The molecule has 0 radical (unpaired) electrons. The Kier molecular flexibility index (Phi) is 5.47. The van der Waals surface area contributed by atoms with E-state index in [-0.39, 0.29) is 16.5 Å². The molecule has 0 aliphatic rings. The topological polar surface area (TPSA) is 88.5 Å². The third-order valence-corrected chi connectivity index (χ3v) is 6.28. The first-order chi connectivity index (χ1) is 16.0. The van der Waals surface area contributed by atoms with Crippen LogP contribution in [0.5, 0.6) is 0 Å². The van der Waals surface area contributed by atoms with Crippen LogP contribution in [0.3, 0.4) is 0 Å². The number of anilines is 1. The molecule has 0 spiro atoms. The second kappa shape index (κ2) is 8.46. The van der Waals surface area contributed by atoms with Crippen molar-refractivity contribution in [1.29, 1.82) is 0 Å². The summed E-state index contributed by atoms with van der Waals surface area (Å²) in [4.78, 5) is 29.4. The summed E-state index contributed by atoms with van der Waals surface area (Å²) in [5.74, 6) is 0.0201. The first-order valence-electron chi connectivity index (χ1n) is 10.2. The number of aromatic amines is 1. The minimum Gasteiger partial charge on any atom is -0.360 e. The number of fused-ring (bicyclic) bond motifs is 2. The molecule has 10 heteroatoms. The molecule has 1 atom stereocenters. The van der Waals surface area contributed by atoms with Crippen LogP contribution in [-0.2, 0) is 0 Å². The van der Waals surface area contributed by atoms with Gasteiger partial charge in [0.15, 0.2) is 11.5 Å². The fourth-order valence-electron chi connectivity index (χ4n) is 3.89. The summed E-state index contributed by atoms with van der Waals surface area (Å²) in [5, 5.41) is 4.76. The molecule has 0 amide bonds. The molecule has 33 heavy (non-hydrogen) atoms. The quantitative estimate of drug-likeness (QED) is 0.337. The molecule has 3 aromatic heterocycles. The number of rotatable bonds is 5. The van der Waals surface area contributed by atoms with Crippen LogP contribution < -0.4 is 10.9 Å². The number of nitrogens with zero attached hydrogens (tertiary/aromatic N) is 4. The zero-order valence-corrected chi connectivity index (χ0v) is 18.8. The van der Waals surface area contributed by atoms with E-state index in [1.165, 1.54) is 29.4 Å². The Labute approximate surface area is 197 Å². The highest BCUT2D eigenvalue weighted by Gasteiger charge is 2.22. The van der Waals surface area contributed by atoms with Crippen LogP contribution in [0.4, 0.5) is 10.2 Å². The van der Waals surface area contributed by atoms with E-state index < -0.39 is 11.4 Å². The van der Waals surface area contributed by atoms with Crippen LogP contribution in [0, 0.1) is 5.82 Å². The average Bonchev–Trinajstić information content (AvgIpc) is 3.30. The fraction of sp³-hybridized carbons (Fsp3) is 0.130. The molecule has 0 saturated heterocycles. The van der Waals surface area contributed by atoms with Gasteiger partial charge in [-0.2, -0.15) is 0 Å². The molecule has 0 fully saturated rings. The van der Waals surface area contributed by atoms with E-state index in [0.717, 1.165) is 0 Å². The lowest BCUT2D eigenvalue weighted by Gasteiger charge is -2.24. The zero-order valence-electron chi connectivity index (χ0n) is 17.3. The van der Waals surface area contributed by atoms with Gasteiger partial charge >= 0.3 is 0 Å². The Bertz CT molecular complexity index is 1560. The summed E-state index contributed by atoms with van der Waals surface area (Å²) in [7, 11) is 0. The Morgan fingerprint density at radius 1 is 1.15 bits per heavy atom. The summed E-state index contributed by atoms with van der Waals surface area (Å²) in [6, 6.07) is 10.7. The highest BCUT2D eigenvalue weighted by atomic mass is 35.5. The second-order valence-electron chi connectivity index (χ2n) is 7.44. The number of nitrogens with one attached hydrogen (secondary N) is 2. The largest absolute Gasteiger partial charge is 0.360 e. The lowest BCUT2D eigenvalue weighted by Crippen LogP contribution is -2.27. The second-order valence-corrected chi connectivity index (χ2v) is 8.23. The summed E-state index contributed by atoms with van der Waals surface area (Å²) < 4.78 is 15.5. The van der Waals surface area contributed by atoms with Crippen LogP contribution in [0.2, 0.25) is 10.0 Å². The normalized spacial score (nSPS) is 12.4. The van der Waals surface area contributed by atoms with Crippen molar-refractivity contribution in [1.82, 2.24) is 24.5 Å². The molecule has 5 rings (SSSR count). The Morgan fingerprint density at radius 3 is 2.82 bits per heavy atom. The van der Waals surface area contributed by atoms with Gasteiger partial charge in [-0.25, -0.2) is 19.3 Å². The van der Waals surface area contributed by atoms with Crippen LogP contribution in [-0.4, -0.2) is 24.5 Å². The minimum absolute atomic E-state index is 0.227. The number of hydrogen-bond acceptors (Lipinski definition) is 5. The van der Waals surface area contributed by atoms with E-state index in [1.54, 1.807) is 24.3 Å². The molecule has 0 aliphatic carbocycles. The van der Waals surface area contributed by atoms with Gasteiger partial charge in [-0.15, -0.1) is 0 Å². The SMILES string of the molecule is CC[C@H](Nc1ncnc2[nH]cnc12)c1cc2ccc(F)cc2c(=O)n1-c1cccc(Cl)c1Cl. The number of aromatic nitrogens is 5. The minimum atomic E-state index is -0.497. The van der Waals surface area contributed by atoms with Crippen molar-refractivity contribution in [3.8, 4) is 5.69 Å². The molecule has 0 unspecified atom stereocenters. The standard InChI is InChI=1S/C23H17Cl2FN6O/c1-2-16(31-22-20-21(28-10-27-20)29-11-30-22)18-8-12-6-7-13(26)9-14(12)23(33)32(18)17-5-3-4-15(24)19(17)25/h3-11,16H,2H2,1H3,(H2,27,28,29,30,31)/t16-/m0/s1. The molecule has 166 valence electrons. The highest BCUT2D eigenvalue weighted by Crippen LogP contribution is 2.33. The maximum atomic E-state index is 14.0. The number of imidazole rings is 1. The van der Waals surface area contributed by atoms with Gasteiger partial charge < -0.3 is 10.3 Å². The number of benzene rings is 2. The van der Waals surface area contributed by atoms with Gasteiger partial charge in [0.2, 0.25) is 0 Å². The summed E-state index contributed by atoms with van der Waals surface area (Å²) >= 11 is 12.8. The Hall–Kier alpha value is -3.49. The lowest BCUT2D eigenvalue weighted by molar-refractivity contribution is 0.629. The average molecular weight is 483 g/mol. The number of H-pyrrole nitrogens is 1. The van der Waals surface area contributed by atoms with Gasteiger partial charge in [-0.1, -0.05) is 42.3 Å². The first kappa shape index (κ1) is 21.4. The highest BCUT2D eigenvalue weighted by molar-refractivity contribution is 6.43. The van der Waals surface area contributed by atoms with E-state index in [0.29, 0.717) is 45.2 Å². The van der Waals surface area contributed by atoms with Gasteiger partial charge in [0.1, 0.15) is 17.7 Å². The number of halogens is 3. The molecule has 5 aromatic rings. The van der Waals surface area contributed by atoms with E-state index in [4.69, 9.17) is 23.2 Å². The van der Waals surface area contributed by atoms with E-state index in [1.807, 2.05) is 13.0 Å². The van der Waals surface area contributed by atoms with E-state index in [2.05, 4.69) is 25.3 Å². The molecule has 0 bridgehead atoms. The van der Waals surface area contributed by atoms with Crippen molar-refractivity contribution >= 4 is 51.0 Å². The van der Waals surface area contributed by atoms with E-state index >= 15 is 0 Å². The van der Waals surface area contributed by atoms with Crippen molar-refractivity contribution in [3.63, 3.8) is 0 Å². The third-order valence-electron chi connectivity index (χ3n) is 5.48. The van der Waals surface area contributed by atoms with Crippen molar-refractivity contribution in [3.05, 3.63) is 87.0 Å². The molecular formula is C23H17Cl2FN6O. The fourth-order valence-corrected chi connectivity index (χ4v) is 4.27. The lowest BCUT2D eigenvalue weighted by atomic mass is 10.0. The van der Waals surface area contributed by atoms with Crippen LogP contribution in [0.1, 0.15) is 25.1 Å². The van der Waals surface area contributed by atoms with Gasteiger partial charge in [0.05, 0.1) is 33.5 Å². The molecule has 3 heterocycles. The Morgan fingerprint density at radius 2 is 2.00 bits per heavy atom. The predicted octanol–water partition coefficient (Wildman–Crippen LogP) is 5.67. The molecule has 2 N–H and O–H groups in total. The van der Waals surface area contributed by atoms with Crippen molar-refractivity contribution < 1.29 is 4.39 Å².